The number of thiazole rings is 1. The molecular formula is C23H25N3O2S. The molecule has 1 fully saturated rings. The maximum Gasteiger partial charge on any atom is 0.231 e. The van der Waals surface area contributed by atoms with Gasteiger partial charge in [0.15, 0.2) is 0 Å². The predicted octanol–water partition coefficient (Wildman–Crippen LogP) is 4.73. The van der Waals surface area contributed by atoms with E-state index in [-0.39, 0.29) is 5.91 Å². The van der Waals surface area contributed by atoms with Crippen LogP contribution in [0.5, 0.6) is 5.75 Å². The van der Waals surface area contributed by atoms with Gasteiger partial charge in [0.05, 0.1) is 24.8 Å². The normalized spacial score (nSPS) is 15.6. The fraction of sp³-hybridized carbons (Fsp3) is 0.348. The fourth-order valence-corrected chi connectivity index (χ4v) is 4.83. The van der Waals surface area contributed by atoms with Crippen molar-refractivity contribution in [3.05, 3.63) is 64.7 Å². The predicted molar refractivity (Wildman–Crippen MR) is 115 cm³/mol. The Labute approximate surface area is 175 Å². The summed E-state index contributed by atoms with van der Waals surface area (Å²) in [4.78, 5) is 22.1. The third-order valence-electron chi connectivity index (χ3n) is 5.71. The van der Waals surface area contributed by atoms with Crippen molar-refractivity contribution < 1.29 is 9.53 Å². The number of carbonyl (C=O) groups excluding carboxylic acids is 1. The number of nitrogens with zero attached hydrogens (tertiary/aromatic N) is 2. The van der Waals surface area contributed by atoms with E-state index in [1.165, 1.54) is 6.42 Å². The highest BCUT2D eigenvalue weighted by Crippen LogP contribution is 2.40. The Hall–Kier alpha value is -2.73. The van der Waals surface area contributed by atoms with Crippen LogP contribution in [0.25, 0.3) is 11.3 Å². The van der Waals surface area contributed by atoms with Crippen LogP contribution in [0, 0.1) is 0 Å². The van der Waals surface area contributed by atoms with Gasteiger partial charge in [0.1, 0.15) is 10.8 Å². The number of aromatic nitrogens is 2. The SMILES string of the molecule is COc1ccc(C2(C(=O)NCc3nc(-c4ccncc4)cs3)CCCCC2)cc1. The van der Waals surface area contributed by atoms with Crippen LogP contribution >= 0.6 is 11.3 Å². The Morgan fingerprint density at radius 1 is 1.10 bits per heavy atom. The van der Waals surface area contributed by atoms with Gasteiger partial charge >= 0.3 is 0 Å². The van der Waals surface area contributed by atoms with Gasteiger partial charge in [-0.1, -0.05) is 31.4 Å². The van der Waals surface area contributed by atoms with Crippen LogP contribution in [-0.2, 0) is 16.8 Å². The lowest BCUT2D eigenvalue weighted by Crippen LogP contribution is -2.45. The van der Waals surface area contributed by atoms with Crippen LogP contribution in [0.2, 0.25) is 0 Å². The monoisotopic (exact) mass is 407 g/mol. The van der Waals surface area contributed by atoms with Crippen LogP contribution in [0.4, 0.5) is 0 Å². The van der Waals surface area contributed by atoms with Gasteiger partial charge < -0.3 is 10.1 Å². The summed E-state index contributed by atoms with van der Waals surface area (Å²) in [7, 11) is 1.66. The summed E-state index contributed by atoms with van der Waals surface area (Å²) in [5.41, 5.74) is 2.57. The summed E-state index contributed by atoms with van der Waals surface area (Å²) in [5, 5.41) is 6.10. The minimum absolute atomic E-state index is 0.100. The fourth-order valence-electron chi connectivity index (χ4n) is 4.08. The molecule has 2 heterocycles. The van der Waals surface area contributed by atoms with E-state index in [2.05, 4.69) is 15.3 Å². The molecule has 1 aliphatic rings. The van der Waals surface area contributed by atoms with Gasteiger partial charge in [-0.25, -0.2) is 4.98 Å². The first kappa shape index (κ1) is 19.6. The number of nitrogens with one attached hydrogen (secondary N) is 1. The molecule has 1 N–H and O–H groups in total. The first-order valence-electron chi connectivity index (χ1n) is 9.99. The minimum Gasteiger partial charge on any atom is -0.497 e. The van der Waals surface area contributed by atoms with Crippen LogP contribution < -0.4 is 10.1 Å². The Kier molecular flexibility index (Phi) is 5.90. The smallest absolute Gasteiger partial charge is 0.231 e. The summed E-state index contributed by atoms with van der Waals surface area (Å²) >= 11 is 1.57. The van der Waals surface area contributed by atoms with Crippen molar-refractivity contribution in [3.63, 3.8) is 0 Å². The number of pyridine rings is 1. The third kappa shape index (κ3) is 4.17. The maximum absolute atomic E-state index is 13.4. The number of benzene rings is 1. The molecule has 1 aromatic carbocycles. The van der Waals surface area contributed by atoms with Crippen molar-refractivity contribution in [2.75, 3.05) is 7.11 Å². The van der Waals surface area contributed by atoms with Crippen molar-refractivity contribution in [3.8, 4) is 17.0 Å². The molecule has 2 aromatic heterocycles. The van der Waals surface area contributed by atoms with E-state index in [1.54, 1.807) is 30.8 Å². The molecule has 0 radical (unpaired) electrons. The van der Waals surface area contributed by atoms with E-state index in [4.69, 9.17) is 4.74 Å². The Morgan fingerprint density at radius 2 is 1.83 bits per heavy atom. The average molecular weight is 408 g/mol. The quantitative estimate of drug-likeness (QED) is 0.641. The zero-order chi connectivity index (χ0) is 20.1. The average Bonchev–Trinajstić information content (AvgIpc) is 3.28. The molecule has 5 nitrogen and oxygen atoms in total. The molecule has 0 saturated heterocycles. The van der Waals surface area contributed by atoms with Gasteiger partial charge in [-0.05, 0) is 42.7 Å². The second-order valence-electron chi connectivity index (χ2n) is 7.42. The standard InChI is InChI=1S/C23H25N3O2S/c1-28-19-7-5-18(6-8-19)23(11-3-2-4-12-23)22(27)25-15-21-26-20(16-29-21)17-9-13-24-14-10-17/h5-10,13-14,16H,2-4,11-12,15H2,1H3,(H,25,27). The molecule has 0 aliphatic heterocycles. The molecular weight excluding hydrogens is 382 g/mol. The Bertz CT molecular complexity index is 948. The van der Waals surface area contributed by atoms with E-state index in [0.29, 0.717) is 6.54 Å². The first-order chi connectivity index (χ1) is 14.2. The Balaban J connectivity index is 1.49. The maximum atomic E-state index is 13.4. The molecule has 1 amide bonds. The van der Waals surface area contributed by atoms with Gasteiger partial charge in [-0.2, -0.15) is 0 Å². The molecule has 29 heavy (non-hydrogen) atoms. The second-order valence-corrected chi connectivity index (χ2v) is 8.36. The highest BCUT2D eigenvalue weighted by atomic mass is 32.1. The number of hydrogen-bond acceptors (Lipinski definition) is 5. The minimum atomic E-state index is -0.463. The third-order valence-corrected chi connectivity index (χ3v) is 6.56. The van der Waals surface area contributed by atoms with E-state index in [9.17, 15) is 4.79 Å². The summed E-state index contributed by atoms with van der Waals surface area (Å²) < 4.78 is 5.28. The van der Waals surface area contributed by atoms with E-state index < -0.39 is 5.41 Å². The molecule has 0 spiro atoms. The van der Waals surface area contributed by atoms with Crippen LogP contribution in [0.3, 0.4) is 0 Å². The van der Waals surface area contributed by atoms with Crippen molar-refractivity contribution in [2.24, 2.45) is 0 Å². The summed E-state index contributed by atoms with van der Waals surface area (Å²) in [6, 6.07) is 11.8. The number of methoxy groups -OCH3 is 1. The zero-order valence-electron chi connectivity index (χ0n) is 16.6. The molecule has 0 bridgehead atoms. The summed E-state index contributed by atoms with van der Waals surface area (Å²) in [5.74, 6) is 0.912. The van der Waals surface area contributed by atoms with Crippen LogP contribution in [0.1, 0.15) is 42.7 Å². The molecule has 4 rings (SSSR count). The van der Waals surface area contributed by atoms with Crippen molar-refractivity contribution in [2.45, 2.75) is 44.1 Å². The summed E-state index contributed by atoms with van der Waals surface area (Å²) in [6.07, 6.45) is 8.62. The number of ether oxygens (including phenoxy) is 1. The van der Waals surface area contributed by atoms with Crippen LogP contribution in [-0.4, -0.2) is 23.0 Å². The molecule has 0 unspecified atom stereocenters. The van der Waals surface area contributed by atoms with Gasteiger partial charge in [0, 0.05) is 23.3 Å². The number of hydrogen-bond donors (Lipinski definition) is 1. The molecule has 1 saturated carbocycles. The molecule has 150 valence electrons. The highest BCUT2D eigenvalue weighted by molar-refractivity contribution is 7.09. The molecule has 6 heteroatoms. The van der Waals surface area contributed by atoms with Gasteiger partial charge in [0.2, 0.25) is 5.91 Å². The van der Waals surface area contributed by atoms with Crippen molar-refractivity contribution in [1.82, 2.24) is 15.3 Å². The van der Waals surface area contributed by atoms with Gasteiger partial charge in [-0.3, -0.25) is 9.78 Å². The molecule has 3 aromatic rings. The van der Waals surface area contributed by atoms with Gasteiger partial charge in [-0.15, -0.1) is 11.3 Å². The number of carbonyl (C=O) groups is 1. The largest absolute Gasteiger partial charge is 0.497 e. The topological polar surface area (TPSA) is 64.1 Å². The van der Waals surface area contributed by atoms with E-state index >= 15 is 0 Å². The molecule has 1 aliphatic carbocycles. The zero-order valence-corrected chi connectivity index (χ0v) is 17.4. The first-order valence-corrected chi connectivity index (χ1v) is 10.9. The van der Waals surface area contributed by atoms with Crippen molar-refractivity contribution >= 4 is 17.2 Å². The Morgan fingerprint density at radius 3 is 2.52 bits per heavy atom. The van der Waals surface area contributed by atoms with E-state index in [1.807, 2.05) is 41.8 Å². The second kappa shape index (κ2) is 8.74. The lowest BCUT2D eigenvalue weighted by molar-refractivity contribution is -0.128. The van der Waals surface area contributed by atoms with Crippen molar-refractivity contribution in [1.29, 1.82) is 0 Å². The number of rotatable bonds is 6. The lowest BCUT2D eigenvalue weighted by Gasteiger charge is -2.36. The lowest BCUT2D eigenvalue weighted by atomic mass is 9.68. The van der Waals surface area contributed by atoms with Gasteiger partial charge in [0.25, 0.3) is 0 Å². The van der Waals surface area contributed by atoms with E-state index in [0.717, 1.165) is 53.3 Å². The molecule has 0 atom stereocenters. The van der Waals surface area contributed by atoms with Crippen LogP contribution in [0.15, 0.2) is 54.2 Å². The summed E-state index contributed by atoms with van der Waals surface area (Å²) in [6.45, 7) is 0.451. The number of amides is 1. The highest BCUT2D eigenvalue weighted by Gasteiger charge is 2.41.